The molecule has 0 aliphatic carbocycles. The number of hydrogen-bond donors (Lipinski definition) is 1. The zero-order valence-electron chi connectivity index (χ0n) is 14.8. The number of nitrogens with zero attached hydrogens (tertiary/aromatic N) is 4. The Hall–Kier alpha value is -2.56. The summed E-state index contributed by atoms with van der Waals surface area (Å²) in [5, 5.41) is 14.9. The van der Waals surface area contributed by atoms with Gasteiger partial charge in [0.25, 0.3) is 5.69 Å². The first-order valence-corrected chi connectivity index (χ1v) is 10.4. The second-order valence-electron chi connectivity index (χ2n) is 6.18. The molecule has 0 amide bonds. The lowest BCUT2D eigenvalue weighted by Crippen LogP contribution is -2.35. The van der Waals surface area contributed by atoms with Crippen LogP contribution in [0.1, 0.15) is 24.8 Å². The van der Waals surface area contributed by atoms with Crippen molar-refractivity contribution in [1.82, 2.24) is 9.29 Å². The van der Waals surface area contributed by atoms with Crippen molar-refractivity contribution in [1.29, 1.82) is 0 Å². The third kappa shape index (κ3) is 4.64. The standard InChI is InChI=1S/C17H18ClN5O4S/c18-15-6-4-13(10-16(15)23(24)25)11-20-21-17-7-5-14(12-19-17)28(26,27)22-8-2-1-3-9-22/h4-7,10-12H,1-3,8-9H2,(H,19,21)/b20-11+. The fourth-order valence-electron chi connectivity index (χ4n) is 2.78. The number of halogens is 1. The van der Waals surface area contributed by atoms with E-state index in [1.165, 1.54) is 41.0 Å². The van der Waals surface area contributed by atoms with Crippen molar-refractivity contribution in [3.8, 4) is 0 Å². The highest BCUT2D eigenvalue weighted by Gasteiger charge is 2.26. The van der Waals surface area contributed by atoms with Crippen molar-refractivity contribution < 1.29 is 13.3 Å². The number of nitro benzene ring substituents is 1. The van der Waals surface area contributed by atoms with Gasteiger partial charge in [-0.05, 0) is 31.0 Å². The smallest absolute Gasteiger partial charge is 0.261 e. The SMILES string of the molecule is O=[N+]([O-])c1cc(/C=N/Nc2ccc(S(=O)(=O)N3CCCCC3)cn2)ccc1Cl. The summed E-state index contributed by atoms with van der Waals surface area (Å²) in [6.07, 6.45) is 5.44. The Bertz CT molecular complexity index is 989. The highest BCUT2D eigenvalue weighted by molar-refractivity contribution is 7.89. The number of pyridine rings is 1. The van der Waals surface area contributed by atoms with Gasteiger partial charge in [-0.3, -0.25) is 15.5 Å². The number of anilines is 1. The monoisotopic (exact) mass is 423 g/mol. The summed E-state index contributed by atoms with van der Waals surface area (Å²) < 4.78 is 26.6. The van der Waals surface area contributed by atoms with Crippen LogP contribution in [-0.2, 0) is 10.0 Å². The van der Waals surface area contributed by atoms with E-state index in [-0.39, 0.29) is 15.6 Å². The highest BCUT2D eigenvalue weighted by atomic mass is 35.5. The van der Waals surface area contributed by atoms with Crippen LogP contribution in [0.15, 0.2) is 46.5 Å². The summed E-state index contributed by atoms with van der Waals surface area (Å²) >= 11 is 5.76. The van der Waals surface area contributed by atoms with E-state index in [4.69, 9.17) is 11.6 Å². The maximum absolute atomic E-state index is 12.6. The van der Waals surface area contributed by atoms with Gasteiger partial charge in [0.2, 0.25) is 10.0 Å². The molecule has 11 heteroatoms. The minimum absolute atomic E-state index is 0.0438. The van der Waals surface area contributed by atoms with E-state index in [2.05, 4.69) is 15.5 Å². The number of piperidine rings is 1. The second-order valence-corrected chi connectivity index (χ2v) is 8.53. The maximum Gasteiger partial charge on any atom is 0.288 e. The number of aromatic nitrogens is 1. The topological polar surface area (TPSA) is 118 Å². The third-order valence-corrected chi connectivity index (χ3v) is 6.45. The predicted octanol–water partition coefficient (Wildman–Crippen LogP) is 3.26. The molecule has 1 aromatic carbocycles. The lowest BCUT2D eigenvalue weighted by molar-refractivity contribution is -0.384. The number of hydrazone groups is 1. The number of benzene rings is 1. The van der Waals surface area contributed by atoms with Crippen molar-refractivity contribution in [2.24, 2.45) is 5.10 Å². The lowest BCUT2D eigenvalue weighted by atomic mass is 10.2. The van der Waals surface area contributed by atoms with Gasteiger partial charge in [-0.15, -0.1) is 0 Å². The minimum Gasteiger partial charge on any atom is -0.261 e. The van der Waals surface area contributed by atoms with Crippen LogP contribution in [0.5, 0.6) is 0 Å². The quantitative estimate of drug-likeness (QED) is 0.432. The van der Waals surface area contributed by atoms with E-state index in [1.54, 1.807) is 6.07 Å². The van der Waals surface area contributed by atoms with Crippen LogP contribution in [0.2, 0.25) is 5.02 Å². The van der Waals surface area contributed by atoms with E-state index in [1.807, 2.05) is 0 Å². The maximum atomic E-state index is 12.6. The van der Waals surface area contributed by atoms with Gasteiger partial charge in [-0.1, -0.05) is 24.1 Å². The first-order valence-electron chi connectivity index (χ1n) is 8.57. The molecule has 0 saturated carbocycles. The predicted molar refractivity (Wildman–Crippen MR) is 106 cm³/mol. The normalized spacial score (nSPS) is 15.6. The van der Waals surface area contributed by atoms with Crippen molar-refractivity contribution in [2.75, 3.05) is 18.5 Å². The average molecular weight is 424 g/mol. The molecule has 0 unspecified atom stereocenters. The van der Waals surface area contributed by atoms with Crippen LogP contribution in [0, 0.1) is 10.1 Å². The van der Waals surface area contributed by atoms with E-state index in [0.29, 0.717) is 24.5 Å². The minimum atomic E-state index is -3.53. The van der Waals surface area contributed by atoms with E-state index in [9.17, 15) is 18.5 Å². The molecule has 1 N–H and O–H groups in total. The van der Waals surface area contributed by atoms with Gasteiger partial charge in [0.1, 0.15) is 15.7 Å². The summed E-state index contributed by atoms with van der Waals surface area (Å²) in [4.78, 5) is 14.5. The van der Waals surface area contributed by atoms with E-state index in [0.717, 1.165) is 19.3 Å². The first-order chi connectivity index (χ1) is 13.4. The zero-order chi connectivity index (χ0) is 20.1. The second kappa shape index (κ2) is 8.63. The Balaban J connectivity index is 1.67. The highest BCUT2D eigenvalue weighted by Crippen LogP contribution is 2.24. The van der Waals surface area contributed by atoms with Gasteiger partial charge in [0.15, 0.2) is 0 Å². The Morgan fingerprint density at radius 1 is 1.21 bits per heavy atom. The van der Waals surface area contributed by atoms with Gasteiger partial charge in [0.05, 0.1) is 11.1 Å². The molecule has 1 fully saturated rings. The molecule has 0 radical (unpaired) electrons. The van der Waals surface area contributed by atoms with Gasteiger partial charge >= 0.3 is 0 Å². The first kappa shape index (κ1) is 20.2. The average Bonchev–Trinajstić information content (AvgIpc) is 2.70. The number of nitrogens with one attached hydrogen (secondary N) is 1. The molecule has 1 aliphatic rings. The number of sulfonamides is 1. The van der Waals surface area contributed by atoms with Crippen LogP contribution >= 0.6 is 11.6 Å². The van der Waals surface area contributed by atoms with Crippen molar-refractivity contribution in [2.45, 2.75) is 24.2 Å². The molecular weight excluding hydrogens is 406 g/mol. The van der Waals surface area contributed by atoms with Gasteiger partial charge in [0, 0.05) is 30.9 Å². The van der Waals surface area contributed by atoms with Crippen molar-refractivity contribution >= 4 is 39.3 Å². The molecule has 0 atom stereocenters. The fraction of sp³-hybridized carbons (Fsp3) is 0.294. The molecule has 2 aromatic rings. The Labute approximate surface area is 167 Å². The third-order valence-electron chi connectivity index (χ3n) is 4.25. The van der Waals surface area contributed by atoms with E-state index < -0.39 is 14.9 Å². The molecule has 1 aromatic heterocycles. The summed E-state index contributed by atoms with van der Waals surface area (Å²) in [7, 11) is -3.53. The van der Waals surface area contributed by atoms with Crippen LogP contribution in [0.25, 0.3) is 0 Å². The van der Waals surface area contributed by atoms with Gasteiger partial charge in [-0.25, -0.2) is 13.4 Å². The van der Waals surface area contributed by atoms with Crippen LogP contribution in [-0.4, -0.2) is 41.9 Å². The summed E-state index contributed by atoms with van der Waals surface area (Å²) in [5.74, 6) is 0.345. The Morgan fingerprint density at radius 2 is 1.96 bits per heavy atom. The summed E-state index contributed by atoms with van der Waals surface area (Å²) in [5.41, 5.74) is 2.93. The van der Waals surface area contributed by atoms with Crippen molar-refractivity contribution in [3.63, 3.8) is 0 Å². The molecule has 0 bridgehead atoms. The van der Waals surface area contributed by atoms with Crippen LogP contribution < -0.4 is 5.43 Å². The molecule has 148 valence electrons. The number of rotatable bonds is 6. The largest absolute Gasteiger partial charge is 0.288 e. The molecule has 28 heavy (non-hydrogen) atoms. The number of nitro groups is 1. The summed E-state index contributed by atoms with van der Waals surface area (Å²) in [6, 6.07) is 7.29. The van der Waals surface area contributed by atoms with Crippen LogP contribution in [0.3, 0.4) is 0 Å². The molecule has 3 rings (SSSR count). The molecular formula is C17H18ClN5O4S. The Morgan fingerprint density at radius 3 is 2.61 bits per heavy atom. The molecule has 1 saturated heterocycles. The Kier molecular flexibility index (Phi) is 6.22. The lowest BCUT2D eigenvalue weighted by Gasteiger charge is -2.25. The number of hydrogen-bond acceptors (Lipinski definition) is 7. The molecule has 9 nitrogen and oxygen atoms in total. The molecule has 2 heterocycles. The summed E-state index contributed by atoms with van der Waals surface area (Å²) in [6.45, 7) is 1.06. The zero-order valence-corrected chi connectivity index (χ0v) is 16.4. The van der Waals surface area contributed by atoms with Crippen molar-refractivity contribution in [3.05, 3.63) is 57.2 Å². The van der Waals surface area contributed by atoms with E-state index >= 15 is 0 Å². The fourth-order valence-corrected chi connectivity index (χ4v) is 4.43. The molecule has 1 aliphatic heterocycles. The molecule has 0 spiro atoms. The van der Waals surface area contributed by atoms with Gasteiger partial charge < -0.3 is 0 Å². The van der Waals surface area contributed by atoms with Crippen LogP contribution in [0.4, 0.5) is 11.5 Å². The van der Waals surface area contributed by atoms with Gasteiger partial charge in [-0.2, -0.15) is 9.41 Å².